The van der Waals surface area contributed by atoms with Crippen molar-refractivity contribution >= 4 is 11.8 Å². The monoisotopic (exact) mass is 324 g/mol. The third kappa shape index (κ3) is 3.46. The van der Waals surface area contributed by atoms with Crippen LogP contribution in [-0.2, 0) is 0 Å². The summed E-state index contributed by atoms with van der Waals surface area (Å²) >= 11 is 0. The largest absolute Gasteiger partial charge is 0.508 e. The lowest BCUT2D eigenvalue weighted by Crippen LogP contribution is -2.00. The molecule has 4 rings (SSSR count). The molecule has 0 bridgehead atoms. The predicted octanol–water partition coefficient (Wildman–Crippen LogP) is 2.43. The number of hydrogen-bond acceptors (Lipinski definition) is 7. The van der Waals surface area contributed by atoms with Gasteiger partial charge in [-0.2, -0.15) is 4.98 Å². The molecule has 2 heterocycles. The number of fused-ring (bicyclic) bond motifs is 1. The molecular weight excluding hydrogens is 308 g/mol. The SMILES string of the molecule is Nc1ncc(-c2ccc3c(c2)OCO3)c(N)n1.Oc1ccccc1. The zero-order valence-corrected chi connectivity index (χ0v) is 12.7. The molecule has 0 fully saturated rings. The van der Waals surface area contributed by atoms with Crippen molar-refractivity contribution in [2.45, 2.75) is 0 Å². The highest BCUT2D eigenvalue weighted by atomic mass is 16.7. The van der Waals surface area contributed by atoms with Gasteiger partial charge < -0.3 is 26.0 Å². The summed E-state index contributed by atoms with van der Waals surface area (Å²) < 4.78 is 10.5. The number of para-hydroxylation sites is 1. The molecule has 0 saturated carbocycles. The molecule has 1 aliphatic rings. The Labute approximate surface area is 138 Å². The van der Waals surface area contributed by atoms with Gasteiger partial charge in [0.15, 0.2) is 11.5 Å². The first-order chi connectivity index (χ1) is 11.6. The van der Waals surface area contributed by atoms with Crippen molar-refractivity contribution in [1.29, 1.82) is 0 Å². The number of phenols is 1. The quantitative estimate of drug-likeness (QED) is 0.629. The van der Waals surface area contributed by atoms with Gasteiger partial charge >= 0.3 is 0 Å². The number of ether oxygens (including phenoxy) is 2. The number of aromatic nitrogens is 2. The van der Waals surface area contributed by atoms with Gasteiger partial charge in [-0.3, -0.25) is 0 Å². The highest BCUT2D eigenvalue weighted by molar-refractivity contribution is 5.75. The maximum atomic E-state index is 8.63. The molecule has 0 radical (unpaired) electrons. The van der Waals surface area contributed by atoms with Crippen LogP contribution in [0.15, 0.2) is 54.7 Å². The summed E-state index contributed by atoms with van der Waals surface area (Å²) in [5.74, 6) is 2.24. The number of anilines is 2. The zero-order valence-electron chi connectivity index (χ0n) is 12.7. The second kappa shape index (κ2) is 6.74. The molecule has 0 unspecified atom stereocenters. The zero-order chi connectivity index (χ0) is 16.9. The third-order valence-corrected chi connectivity index (χ3v) is 3.28. The smallest absolute Gasteiger partial charge is 0.231 e. The molecule has 122 valence electrons. The van der Waals surface area contributed by atoms with E-state index in [4.69, 9.17) is 26.0 Å². The average molecular weight is 324 g/mol. The van der Waals surface area contributed by atoms with E-state index in [1.54, 1.807) is 30.5 Å². The van der Waals surface area contributed by atoms with E-state index in [2.05, 4.69) is 9.97 Å². The number of benzene rings is 2. The normalized spacial score (nSPS) is 11.5. The number of phenolic OH excluding ortho intramolecular Hbond substituents is 1. The lowest BCUT2D eigenvalue weighted by atomic mass is 10.1. The Morgan fingerprint density at radius 3 is 2.38 bits per heavy atom. The summed E-state index contributed by atoms with van der Waals surface area (Å²) in [5.41, 5.74) is 12.8. The van der Waals surface area contributed by atoms with E-state index in [1.807, 2.05) is 24.3 Å². The van der Waals surface area contributed by atoms with Gasteiger partial charge in [-0.15, -0.1) is 0 Å². The molecule has 2 aromatic carbocycles. The molecule has 1 aromatic heterocycles. The highest BCUT2D eigenvalue weighted by Gasteiger charge is 2.15. The fourth-order valence-electron chi connectivity index (χ4n) is 2.12. The van der Waals surface area contributed by atoms with Crippen LogP contribution in [0.25, 0.3) is 11.1 Å². The topological polar surface area (TPSA) is 117 Å². The standard InChI is InChI=1S/C11H10N4O2.C6H6O/c12-10-7(4-14-11(13)15-10)6-1-2-8-9(3-6)17-5-16-8;7-6-4-2-1-3-5-6/h1-4H,5H2,(H4,12,13,14,15);1-5,7H. The van der Waals surface area contributed by atoms with Crippen LogP contribution < -0.4 is 20.9 Å². The van der Waals surface area contributed by atoms with Crippen LogP contribution in [0.3, 0.4) is 0 Å². The van der Waals surface area contributed by atoms with Crippen LogP contribution in [0.1, 0.15) is 0 Å². The van der Waals surface area contributed by atoms with Crippen LogP contribution in [0.2, 0.25) is 0 Å². The van der Waals surface area contributed by atoms with E-state index in [0.29, 0.717) is 17.3 Å². The maximum Gasteiger partial charge on any atom is 0.231 e. The first kappa shape index (κ1) is 15.4. The first-order valence-corrected chi connectivity index (χ1v) is 7.15. The molecule has 3 aromatic rings. The number of nitrogens with two attached hydrogens (primary N) is 2. The van der Waals surface area contributed by atoms with E-state index in [9.17, 15) is 0 Å². The first-order valence-electron chi connectivity index (χ1n) is 7.15. The van der Waals surface area contributed by atoms with Crippen LogP contribution >= 0.6 is 0 Å². The van der Waals surface area contributed by atoms with Gasteiger partial charge in [-0.25, -0.2) is 4.98 Å². The van der Waals surface area contributed by atoms with E-state index in [-0.39, 0.29) is 12.7 Å². The summed E-state index contributed by atoms with van der Waals surface area (Å²) in [6.45, 7) is 0.243. The molecule has 5 N–H and O–H groups in total. The van der Waals surface area contributed by atoms with E-state index in [0.717, 1.165) is 16.9 Å². The molecule has 7 heteroatoms. The third-order valence-electron chi connectivity index (χ3n) is 3.28. The average Bonchev–Trinajstić information content (AvgIpc) is 3.04. The Morgan fingerprint density at radius 2 is 1.71 bits per heavy atom. The van der Waals surface area contributed by atoms with Crippen LogP contribution in [-0.4, -0.2) is 21.9 Å². The van der Waals surface area contributed by atoms with Gasteiger partial charge in [0, 0.05) is 11.8 Å². The predicted molar refractivity (Wildman–Crippen MR) is 90.5 cm³/mol. The van der Waals surface area contributed by atoms with Crippen molar-refractivity contribution in [1.82, 2.24) is 9.97 Å². The number of aromatic hydroxyl groups is 1. The van der Waals surface area contributed by atoms with Crippen molar-refractivity contribution < 1.29 is 14.6 Å². The summed E-state index contributed by atoms with van der Waals surface area (Å²) in [4.78, 5) is 7.84. The Bertz CT molecular complexity index is 840. The number of nitrogen functional groups attached to an aromatic ring is 2. The van der Waals surface area contributed by atoms with Crippen molar-refractivity contribution in [2.24, 2.45) is 0 Å². The molecule has 0 aliphatic carbocycles. The Morgan fingerprint density at radius 1 is 0.958 bits per heavy atom. The Kier molecular flexibility index (Phi) is 4.33. The summed E-state index contributed by atoms with van der Waals surface area (Å²) in [6.07, 6.45) is 1.59. The lowest BCUT2D eigenvalue weighted by molar-refractivity contribution is 0.174. The van der Waals surface area contributed by atoms with Gasteiger partial charge in [-0.1, -0.05) is 24.3 Å². The summed E-state index contributed by atoms with van der Waals surface area (Å²) in [7, 11) is 0. The lowest BCUT2D eigenvalue weighted by Gasteiger charge is -2.05. The van der Waals surface area contributed by atoms with Gasteiger partial charge in [0.25, 0.3) is 0 Å². The van der Waals surface area contributed by atoms with Crippen molar-refractivity contribution in [3.05, 3.63) is 54.7 Å². The minimum Gasteiger partial charge on any atom is -0.508 e. The minimum atomic E-state index is 0.159. The fraction of sp³-hybridized carbons (Fsp3) is 0.0588. The van der Waals surface area contributed by atoms with Gasteiger partial charge in [0.1, 0.15) is 11.6 Å². The molecule has 0 spiro atoms. The molecule has 0 atom stereocenters. The molecule has 0 amide bonds. The van der Waals surface area contributed by atoms with Gasteiger partial charge in [-0.05, 0) is 29.8 Å². The number of rotatable bonds is 1. The molecule has 24 heavy (non-hydrogen) atoms. The van der Waals surface area contributed by atoms with Crippen molar-refractivity contribution in [3.8, 4) is 28.4 Å². The second-order valence-corrected chi connectivity index (χ2v) is 4.93. The van der Waals surface area contributed by atoms with Crippen molar-refractivity contribution in [2.75, 3.05) is 18.3 Å². The summed E-state index contributed by atoms with van der Waals surface area (Å²) in [5, 5.41) is 8.63. The van der Waals surface area contributed by atoms with E-state index in [1.165, 1.54) is 0 Å². The Balaban J connectivity index is 0.000000203. The molecule has 7 nitrogen and oxygen atoms in total. The maximum absolute atomic E-state index is 8.63. The number of nitrogens with zero attached hydrogens (tertiary/aromatic N) is 2. The molecule has 1 aliphatic heterocycles. The van der Waals surface area contributed by atoms with Crippen LogP contribution in [0, 0.1) is 0 Å². The summed E-state index contributed by atoms with van der Waals surface area (Å²) in [6, 6.07) is 14.3. The van der Waals surface area contributed by atoms with E-state index >= 15 is 0 Å². The van der Waals surface area contributed by atoms with Gasteiger partial charge in [0.2, 0.25) is 12.7 Å². The van der Waals surface area contributed by atoms with Gasteiger partial charge in [0.05, 0.1) is 0 Å². The minimum absolute atomic E-state index is 0.159. The van der Waals surface area contributed by atoms with Crippen LogP contribution in [0.4, 0.5) is 11.8 Å². The fourth-order valence-corrected chi connectivity index (χ4v) is 2.12. The molecule has 0 saturated heterocycles. The van der Waals surface area contributed by atoms with Crippen LogP contribution in [0.5, 0.6) is 17.2 Å². The van der Waals surface area contributed by atoms with Crippen molar-refractivity contribution in [3.63, 3.8) is 0 Å². The second-order valence-electron chi connectivity index (χ2n) is 4.93. The molecular formula is C17H16N4O3. The van der Waals surface area contributed by atoms with E-state index < -0.39 is 0 Å². The number of hydrogen-bond donors (Lipinski definition) is 3. The Hall–Kier alpha value is -3.48. The highest BCUT2D eigenvalue weighted by Crippen LogP contribution is 2.36.